The van der Waals surface area contributed by atoms with Crippen molar-refractivity contribution in [3.05, 3.63) is 0 Å². The maximum Gasteiger partial charge on any atom is 0.217 e. The van der Waals surface area contributed by atoms with Crippen LogP contribution in [0.2, 0.25) is 0 Å². The molecule has 808 valence electrons. The molecule has 141 heavy (non-hydrogen) atoms. The normalized spacial score (nSPS) is 44.3. The summed E-state index contributed by atoms with van der Waals surface area (Å²) in [6.45, 7) is -1.08. The van der Waals surface area contributed by atoms with Crippen molar-refractivity contribution in [3.8, 4) is 0 Å². The molecule has 10 aliphatic rings. The van der Waals surface area contributed by atoms with Crippen LogP contribution in [0.25, 0.3) is 0 Å². The van der Waals surface area contributed by atoms with Gasteiger partial charge in [-0.25, -0.2) is 0 Å². The van der Waals surface area contributed by atoms with Gasteiger partial charge in [0.05, 0.1) is 66.1 Å². The van der Waals surface area contributed by atoms with Crippen LogP contribution in [0.3, 0.4) is 0 Å². The Morgan fingerprint density at radius 2 is 0.284 bits per heavy atom. The number of ether oxygens (including phenoxy) is 19. The van der Waals surface area contributed by atoms with E-state index in [0.717, 1.165) is 69.2 Å². The van der Waals surface area contributed by atoms with Gasteiger partial charge in [-0.15, -0.1) is 0 Å². The van der Waals surface area contributed by atoms with Crippen LogP contribution < -0.4 is 53.2 Å². The lowest BCUT2D eigenvalue weighted by molar-refractivity contribution is -0.375. The second kappa shape index (κ2) is 51.6. The molecular weight excluding hydrogens is 1920 g/mol. The molecular formula is C80H132N10O51. The summed E-state index contributed by atoms with van der Waals surface area (Å²) in [4.78, 5) is 129. The minimum Gasteiger partial charge on any atom is -0.394 e. The number of rotatable bonds is 38. The molecule has 50 unspecified atom stereocenters. The molecule has 0 saturated carbocycles. The molecule has 10 heterocycles. The molecule has 0 radical (unpaired) electrons. The molecule has 10 saturated heterocycles. The van der Waals surface area contributed by atoms with Gasteiger partial charge in [0.25, 0.3) is 0 Å². The summed E-state index contributed by atoms with van der Waals surface area (Å²) in [6.07, 6.45) is -78.2. The Balaban J connectivity index is 0.830. The number of nitrogens with one attached hydrogen (secondary N) is 10. The van der Waals surface area contributed by atoms with Gasteiger partial charge in [-0.3, -0.25) is 47.9 Å². The smallest absolute Gasteiger partial charge is 0.217 e. The number of hydrogen-bond donors (Lipinski definition) is 32. The number of carbonyl (C=O) groups excluding carboxylic acids is 10. The van der Waals surface area contributed by atoms with E-state index in [1.54, 1.807) is 0 Å². The van der Waals surface area contributed by atoms with E-state index >= 15 is 0 Å². The number of amides is 10. The van der Waals surface area contributed by atoms with Gasteiger partial charge < -0.3 is 256 Å². The second-order valence-corrected chi connectivity index (χ2v) is 35.3. The first-order valence-electron chi connectivity index (χ1n) is 45.1. The van der Waals surface area contributed by atoms with Crippen LogP contribution in [-0.4, -0.2) is 544 Å². The summed E-state index contributed by atoms with van der Waals surface area (Å²) in [6, 6.07) is -18.2. The molecule has 61 nitrogen and oxygen atoms in total. The third kappa shape index (κ3) is 27.4. The molecule has 32 N–H and O–H groups in total. The van der Waals surface area contributed by atoms with E-state index in [1.165, 1.54) is 0 Å². The van der Waals surface area contributed by atoms with Crippen LogP contribution in [0, 0.1) is 0 Å². The first-order chi connectivity index (χ1) is 66.6. The van der Waals surface area contributed by atoms with Gasteiger partial charge in [0.15, 0.2) is 62.9 Å². The van der Waals surface area contributed by atoms with Crippen LogP contribution in [0.5, 0.6) is 0 Å². The average molecular weight is 2050 g/mol. The zero-order valence-electron chi connectivity index (χ0n) is 77.6. The van der Waals surface area contributed by atoms with Crippen molar-refractivity contribution >= 4 is 59.1 Å². The largest absolute Gasteiger partial charge is 0.394 e. The number of hydrogen-bond acceptors (Lipinski definition) is 51. The van der Waals surface area contributed by atoms with Gasteiger partial charge in [-0.05, 0) is 0 Å². The Morgan fingerprint density at radius 3 is 0.418 bits per heavy atom. The van der Waals surface area contributed by atoms with Crippen molar-refractivity contribution in [3.63, 3.8) is 0 Å². The highest BCUT2D eigenvalue weighted by Gasteiger charge is 2.63. The molecule has 50 atom stereocenters. The molecule has 10 aliphatic heterocycles. The first-order valence-corrected chi connectivity index (χ1v) is 45.1. The molecule has 10 fully saturated rings. The van der Waals surface area contributed by atoms with E-state index in [0.29, 0.717) is 0 Å². The van der Waals surface area contributed by atoms with Crippen LogP contribution in [0.15, 0.2) is 0 Å². The van der Waals surface area contributed by atoms with E-state index in [4.69, 9.17) is 90.0 Å². The SMILES string of the molecule is CC(=O)NC1C(O)OC(CO)C(OC2OC(CO)C(OC3OC(CO)C(OC4OC(CO)C(OC5OC(CO)C(OC6OC(CO)C(OC7OC(CO)C(OC8OC(CO)C(OC9OC(CO)C(OC%10OC(CO)C(O)C(O)C%10NC(C)=O)C(O)C9NC(C)=O)C(O)C8NC(C)=O)C(O)C7NC(C)=O)C(O)C6NC(C)=O)C(O)C5NC(C)=O)C(O)C4NC(C)=O)C(O)C3NC(C)=O)C(O)C2NC(C)=O)C1O. The highest BCUT2D eigenvalue weighted by molar-refractivity contribution is 5.77. The Labute approximate surface area is 801 Å². The van der Waals surface area contributed by atoms with Crippen molar-refractivity contribution < 1.29 is 250 Å². The summed E-state index contributed by atoms with van der Waals surface area (Å²) in [7, 11) is 0. The predicted octanol–water partition coefficient (Wildman–Crippen LogP) is -21.4. The lowest BCUT2D eigenvalue weighted by atomic mass is 9.92. The Kier molecular flexibility index (Phi) is 42.4. The highest BCUT2D eigenvalue weighted by atomic mass is 16.8. The Hall–Kier alpha value is -6.94. The molecule has 0 bridgehead atoms. The fraction of sp³-hybridized carbons (Fsp3) is 0.875. The zero-order chi connectivity index (χ0) is 104. The number of carbonyl (C=O) groups is 10. The maximum absolute atomic E-state index is 13.2. The molecule has 0 spiro atoms. The summed E-state index contributed by atoms with van der Waals surface area (Å²) >= 11 is 0. The third-order valence-corrected chi connectivity index (χ3v) is 24.9. The molecule has 0 aromatic carbocycles. The molecule has 10 rings (SSSR count). The average Bonchev–Trinajstić information content (AvgIpc) is 0.758. The summed E-state index contributed by atoms with van der Waals surface area (Å²) in [5, 5.41) is 274. The van der Waals surface area contributed by atoms with Crippen LogP contribution in [0.1, 0.15) is 69.2 Å². The van der Waals surface area contributed by atoms with Crippen molar-refractivity contribution in [1.29, 1.82) is 0 Å². The fourth-order valence-electron chi connectivity index (χ4n) is 18.5. The fourth-order valence-corrected chi connectivity index (χ4v) is 18.5. The van der Waals surface area contributed by atoms with Gasteiger partial charge in [-0.2, -0.15) is 0 Å². The number of aliphatic hydroxyl groups is 22. The van der Waals surface area contributed by atoms with Gasteiger partial charge >= 0.3 is 0 Å². The molecule has 10 amide bonds. The standard InChI is InChI=1S/C80H132N10O51/c1-21(101)81-41-53(113)62(32(12-92)123-71(41)122)133-73-43(83-23(3)103)55(115)64(34(14-94)125-73)135-75-45(85-25(5)105)57(117)66(36(16-96)127-75)137-77-47(87-27(7)107)59(119)68(38(18-98)129-77)139-79-49(89-29(9)109)61(121)70(40(20-100)131-79)141-80-50(90-30(10)110)60(120)69(39(19-99)132-80)140-78-48(88-28(8)108)58(118)67(37(17-97)130-78)138-76-46(86-26(6)106)56(116)65(35(15-95)128-76)136-74-44(84-24(4)104)54(114)63(33(13-93)126-74)134-72-42(82-22(2)102)52(112)51(111)31(11-91)124-72/h31-80,91-100,111-122H,11-20H2,1-10H3,(H,81,101)(H,82,102)(H,83,103)(H,84,104)(H,85,105)(H,86,106)(H,87,107)(H,88,108)(H,89,109)(H,90,110). The molecule has 0 aromatic heterocycles. The van der Waals surface area contributed by atoms with Crippen molar-refractivity contribution in [2.45, 2.75) is 376 Å². The molecule has 0 aliphatic carbocycles. The van der Waals surface area contributed by atoms with E-state index in [2.05, 4.69) is 53.2 Å². The Bertz CT molecular complexity index is 4000. The number of aliphatic hydroxyl groups excluding tert-OH is 22. The minimum atomic E-state index is -2.23. The topological polar surface area (TPSA) is 911 Å². The van der Waals surface area contributed by atoms with Gasteiger partial charge in [-0.1, -0.05) is 0 Å². The van der Waals surface area contributed by atoms with Crippen molar-refractivity contribution in [2.24, 2.45) is 0 Å². The van der Waals surface area contributed by atoms with Crippen molar-refractivity contribution in [1.82, 2.24) is 53.2 Å². The zero-order valence-corrected chi connectivity index (χ0v) is 77.6. The Morgan fingerprint density at radius 1 is 0.170 bits per heavy atom. The highest BCUT2D eigenvalue weighted by Crippen LogP contribution is 2.42. The van der Waals surface area contributed by atoms with E-state index in [9.17, 15) is 160 Å². The quantitative estimate of drug-likeness (QED) is 0.0273. The van der Waals surface area contributed by atoms with E-state index in [-0.39, 0.29) is 0 Å². The lowest BCUT2D eigenvalue weighted by Gasteiger charge is -2.52. The van der Waals surface area contributed by atoms with E-state index in [1.807, 2.05) is 0 Å². The minimum absolute atomic E-state index is 0.742. The first kappa shape index (κ1) is 116. The predicted molar refractivity (Wildman–Crippen MR) is 446 cm³/mol. The summed E-state index contributed by atoms with van der Waals surface area (Å²) < 4.78 is 115. The molecule has 61 heteroatoms. The van der Waals surface area contributed by atoms with Crippen molar-refractivity contribution in [2.75, 3.05) is 66.1 Å². The maximum atomic E-state index is 13.2. The third-order valence-electron chi connectivity index (χ3n) is 24.9. The van der Waals surface area contributed by atoms with Crippen LogP contribution in [-0.2, 0) is 138 Å². The molecule has 0 aromatic rings. The van der Waals surface area contributed by atoms with Crippen LogP contribution >= 0.6 is 0 Å². The summed E-state index contributed by atoms with van der Waals surface area (Å²) in [5.74, 6) is -8.85. The van der Waals surface area contributed by atoms with E-state index < -0.39 is 432 Å². The van der Waals surface area contributed by atoms with Gasteiger partial charge in [0.1, 0.15) is 244 Å². The lowest BCUT2D eigenvalue weighted by Crippen LogP contribution is -2.73. The monoisotopic (exact) mass is 2050 g/mol. The summed E-state index contributed by atoms with van der Waals surface area (Å²) in [5.41, 5.74) is 0. The van der Waals surface area contributed by atoms with Crippen LogP contribution in [0.4, 0.5) is 0 Å². The van der Waals surface area contributed by atoms with Gasteiger partial charge in [0, 0.05) is 69.2 Å². The van der Waals surface area contributed by atoms with Gasteiger partial charge in [0.2, 0.25) is 59.1 Å². The second-order valence-electron chi connectivity index (χ2n) is 35.3.